The van der Waals surface area contributed by atoms with Crippen LogP contribution < -0.4 is 10.2 Å². The van der Waals surface area contributed by atoms with Gasteiger partial charge < -0.3 is 10.2 Å². The quantitative estimate of drug-likeness (QED) is 0.821. The molecule has 1 unspecified atom stereocenters. The number of carbonyl (C=O) groups excluding carboxylic acids is 2. The lowest BCUT2D eigenvalue weighted by molar-refractivity contribution is -0.122. The fourth-order valence-electron chi connectivity index (χ4n) is 2.58. The molecular weight excluding hydrogens is 399 g/mol. The Morgan fingerprint density at radius 1 is 1.25 bits per heavy atom. The number of benzene rings is 2. The molecule has 7 heteroatoms. The van der Waals surface area contributed by atoms with Gasteiger partial charge in [0.15, 0.2) is 0 Å². The van der Waals surface area contributed by atoms with Gasteiger partial charge in [-0.25, -0.2) is 4.39 Å². The minimum absolute atomic E-state index is 0.0546. The van der Waals surface area contributed by atoms with E-state index in [1.807, 2.05) is 12.1 Å². The molecule has 4 nitrogen and oxygen atoms in total. The molecule has 2 aromatic rings. The molecule has 1 atom stereocenters. The minimum atomic E-state index is -0.607. The lowest BCUT2D eigenvalue weighted by Crippen LogP contribution is -2.28. The summed E-state index contributed by atoms with van der Waals surface area (Å²) in [7, 11) is 0. The van der Waals surface area contributed by atoms with Crippen LogP contribution in [0.15, 0.2) is 46.9 Å². The summed E-state index contributed by atoms with van der Waals surface area (Å²) in [5, 5.41) is 2.77. The van der Waals surface area contributed by atoms with Crippen LogP contribution in [0.25, 0.3) is 0 Å². The SMILES string of the molecule is O=C(Nc1ccc(Cl)cc1F)C1CC(=O)N(c2ccc(Br)cc2)C1. The van der Waals surface area contributed by atoms with Crippen LogP contribution in [0.4, 0.5) is 15.8 Å². The first-order valence-electron chi connectivity index (χ1n) is 7.26. The first-order valence-corrected chi connectivity index (χ1v) is 8.43. The number of hydrogen-bond donors (Lipinski definition) is 1. The Morgan fingerprint density at radius 3 is 2.62 bits per heavy atom. The highest BCUT2D eigenvalue weighted by Gasteiger charge is 2.35. The summed E-state index contributed by atoms with van der Waals surface area (Å²) in [6.45, 7) is 0.265. The van der Waals surface area contributed by atoms with Crippen molar-refractivity contribution < 1.29 is 14.0 Å². The maximum atomic E-state index is 13.8. The molecule has 124 valence electrons. The Morgan fingerprint density at radius 2 is 1.96 bits per heavy atom. The van der Waals surface area contributed by atoms with Crippen molar-refractivity contribution in [1.29, 1.82) is 0 Å². The zero-order valence-corrected chi connectivity index (χ0v) is 14.8. The molecule has 1 saturated heterocycles. The van der Waals surface area contributed by atoms with E-state index in [2.05, 4.69) is 21.2 Å². The van der Waals surface area contributed by atoms with Crippen molar-refractivity contribution in [2.24, 2.45) is 5.92 Å². The largest absolute Gasteiger partial charge is 0.323 e. The first-order chi connectivity index (χ1) is 11.4. The van der Waals surface area contributed by atoms with Gasteiger partial charge in [0.2, 0.25) is 11.8 Å². The van der Waals surface area contributed by atoms with Gasteiger partial charge in [-0.3, -0.25) is 9.59 Å². The van der Waals surface area contributed by atoms with E-state index in [1.165, 1.54) is 12.1 Å². The topological polar surface area (TPSA) is 49.4 Å². The van der Waals surface area contributed by atoms with Crippen LogP contribution in [0.1, 0.15) is 6.42 Å². The Labute approximate surface area is 151 Å². The summed E-state index contributed by atoms with van der Waals surface area (Å²) >= 11 is 9.03. The van der Waals surface area contributed by atoms with Gasteiger partial charge in [0.05, 0.1) is 11.6 Å². The third kappa shape index (κ3) is 3.60. The van der Waals surface area contributed by atoms with E-state index in [0.29, 0.717) is 0 Å². The second-order valence-electron chi connectivity index (χ2n) is 5.50. The van der Waals surface area contributed by atoms with Crippen molar-refractivity contribution in [1.82, 2.24) is 0 Å². The van der Waals surface area contributed by atoms with E-state index in [0.717, 1.165) is 16.2 Å². The second-order valence-corrected chi connectivity index (χ2v) is 6.85. The van der Waals surface area contributed by atoms with E-state index in [-0.39, 0.29) is 35.5 Å². The molecule has 24 heavy (non-hydrogen) atoms. The second kappa shape index (κ2) is 6.91. The molecule has 2 amide bonds. The summed E-state index contributed by atoms with van der Waals surface area (Å²) in [5.74, 6) is -1.65. The average Bonchev–Trinajstić information content (AvgIpc) is 2.93. The molecule has 3 rings (SSSR count). The van der Waals surface area contributed by atoms with Crippen molar-refractivity contribution in [2.75, 3.05) is 16.8 Å². The molecule has 0 bridgehead atoms. The average molecular weight is 412 g/mol. The predicted octanol–water partition coefficient (Wildman–Crippen LogP) is 4.23. The molecule has 0 aromatic heterocycles. The molecule has 1 aliphatic heterocycles. The van der Waals surface area contributed by atoms with E-state index >= 15 is 0 Å². The van der Waals surface area contributed by atoms with Gasteiger partial charge in [0, 0.05) is 28.1 Å². The van der Waals surface area contributed by atoms with Gasteiger partial charge in [0.25, 0.3) is 0 Å². The van der Waals surface area contributed by atoms with Crippen LogP contribution in [0, 0.1) is 11.7 Å². The van der Waals surface area contributed by atoms with E-state index in [1.54, 1.807) is 17.0 Å². The summed E-state index contributed by atoms with van der Waals surface area (Å²) in [6, 6.07) is 11.3. The van der Waals surface area contributed by atoms with Crippen LogP contribution in [-0.4, -0.2) is 18.4 Å². The van der Waals surface area contributed by atoms with Crippen LogP contribution in [0.3, 0.4) is 0 Å². The Hall–Kier alpha value is -1.92. The van der Waals surface area contributed by atoms with E-state index in [4.69, 9.17) is 11.6 Å². The fourth-order valence-corrected chi connectivity index (χ4v) is 3.00. The maximum absolute atomic E-state index is 13.8. The highest BCUT2D eigenvalue weighted by Crippen LogP contribution is 2.28. The Kier molecular flexibility index (Phi) is 4.87. The van der Waals surface area contributed by atoms with Gasteiger partial charge in [0.1, 0.15) is 5.82 Å². The monoisotopic (exact) mass is 410 g/mol. The smallest absolute Gasteiger partial charge is 0.229 e. The standard InChI is InChI=1S/C17H13BrClFN2O2/c18-11-1-4-13(5-2-11)22-9-10(7-16(22)23)17(24)21-15-6-3-12(19)8-14(15)20/h1-6,8,10H,7,9H2,(H,21,24). The highest BCUT2D eigenvalue weighted by molar-refractivity contribution is 9.10. The van der Waals surface area contributed by atoms with Gasteiger partial charge in [-0.2, -0.15) is 0 Å². The van der Waals surface area contributed by atoms with Crippen LogP contribution in [0.5, 0.6) is 0 Å². The maximum Gasteiger partial charge on any atom is 0.229 e. The zero-order valence-electron chi connectivity index (χ0n) is 12.4. The molecule has 1 heterocycles. The molecule has 0 saturated carbocycles. The molecule has 2 aromatic carbocycles. The summed E-state index contributed by atoms with van der Waals surface area (Å²) < 4.78 is 14.7. The molecule has 0 aliphatic carbocycles. The number of amides is 2. The van der Waals surface area contributed by atoms with Crippen molar-refractivity contribution in [3.05, 3.63) is 57.8 Å². The summed E-state index contributed by atoms with van der Waals surface area (Å²) in [5.41, 5.74) is 0.787. The van der Waals surface area contributed by atoms with Crippen molar-refractivity contribution >= 4 is 50.7 Å². The fraction of sp³-hybridized carbons (Fsp3) is 0.176. The van der Waals surface area contributed by atoms with Crippen molar-refractivity contribution in [3.8, 4) is 0 Å². The lowest BCUT2D eigenvalue weighted by atomic mass is 10.1. The molecule has 0 spiro atoms. The number of anilines is 2. The number of halogens is 3. The third-order valence-corrected chi connectivity index (χ3v) is 4.59. The van der Waals surface area contributed by atoms with Crippen molar-refractivity contribution in [3.63, 3.8) is 0 Å². The zero-order chi connectivity index (χ0) is 17.3. The number of nitrogens with one attached hydrogen (secondary N) is 1. The number of rotatable bonds is 3. The van der Waals surface area contributed by atoms with Gasteiger partial charge in [-0.1, -0.05) is 27.5 Å². The van der Waals surface area contributed by atoms with Gasteiger partial charge in [-0.05, 0) is 42.5 Å². The molecule has 1 fully saturated rings. The van der Waals surface area contributed by atoms with E-state index < -0.39 is 11.7 Å². The number of carbonyl (C=O) groups is 2. The number of hydrogen-bond acceptors (Lipinski definition) is 2. The summed E-state index contributed by atoms with van der Waals surface area (Å²) in [6.07, 6.45) is 0.0944. The predicted molar refractivity (Wildman–Crippen MR) is 94.6 cm³/mol. The summed E-state index contributed by atoms with van der Waals surface area (Å²) in [4.78, 5) is 26.1. The number of nitrogens with zero attached hydrogens (tertiary/aromatic N) is 1. The Balaban J connectivity index is 1.70. The van der Waals surface area contributed by atoms with Gasteiger partial charge in [-0.15, -0.1) is 0 Å². The lowest BCUT2D eigenvalue weighted by Gasteiger charge is -2.17. The molecule has 1 N–H and O–H groups in total. The minimum Gasteiger partial charge on any atom is -0.323 e. The van der Waals surface area contributed by atoms with E-state index in [9.17, 15) is 14.0 Å². The molecule has 1 aliphatic rings. The van der Waals surface area contributed by atoms with Gasteiger partial charge >= 0.3 is 0 Å². The third-order valence-electron chi connectivity index (χ3n) is 3.82. The Bertz CT molecular complexity index is 798. The normalized spacial score (nSPS) is 17.2. The first kappa shape index (κ1) is 16.9. The van der Waals surface area contributed by atoms with Crippen molar-refractivity contribution in [2.45, 2.75) is 6.42 Å². The van der Waals surface area contributed by atoms with Crippen LogP contribution >= 0.6 is 27.5 Å². The highest BCUT2D eigenvalue weighted by atomic mass is 79.9. The molecular formula is C17H13BrClFN2O2. The van der Waals surface area contributed by atoms with Crippen LogP contribution in [0.2, 0.25) is 5.02 Å². The molecule has 0 radical (unpaired) electrons. The van der Waals surface area contributed by atoms with Crippen LogP contribution in [-0.2, 0) is 9.59 Å².